The van der Waals surface area contributed by atoms with Gasteiger partial charge in [-0.3, -0.25) is 0 Å². The van der Waals surface area contributed by atoms with E-state index in [1.165, 1.54) is 32.1 Å². The topological polar surface area (TPSA) is 52.0 Å². The molecule has 0 spiro atoms. The highest BCUT2D eigenvalue weighted by Gasteiger charge is 2.19. The van der Waals surface area contributed by atoms with E-state index in [1.54, 1.807) is 6.20 Å². The van der Waals surface area contributed by atoms with Crippen LogP contribution >= 0.6 is 10.7 Å². The van der Waals surface area contributed by atoms with Gasteiger partial charge in [0.05, 0.1) is 0 Å². The van der Waals surface area contributed by atoms with Gasteiger partial charge in [-0.25, -0.2) is 13.4 Å². The first-order valence-electron chi connectivity index (χ1n) is 7.38. The van der Waals surface area contributed by atoms with E-state index in [9.17, 15) is 8.42 Å². The molecule has 0 fully saturated rings. The summed E-state index contributed by atoms with van der Waals surface area (Å²) in [4.78, 5) is 4.15. The van der Waals surface area contributed by atoms with E-state index < -0.39 is 9.05 Å². The molecule has 0 aliphatic carbocycles. The quantitative estimate of drug-likeness (QED) is 0.503. The predicted octanol–water partition coefficient (Wildman–Crippen LogP) is 4.29. The SMILES string of the molecule is CCCCCCCCn1cc(S(=O)(=O)Cl)nc1C(C)C. The van der Waals surface area contributed by atoms with E-state index in [0.29, 0.717) is 0 Å². The molecule has 0 aliphatic rings. The number of hydrogen-bond donors (Lipinski definition) is 0. The van der Waals surface area contributed by atoms with Crippen LogP contribution in [0.5, 0.6) is 0 Å². The van der Waals surface area contributed by atoms with Crippen molar-refractivity contribution in [1.29, 1.82) is 0 Å². The maximum absolute atomic E-state index is 11.4. The van der Waals surface area contributed by atoms with Crippen molar-refractivity contribution in [2.24, 2.45) is 0 Å². The zero-order valence-corrected chi connectivity index (χ0v) is 14.2. The van der Waals surface area contributed by atoms with Crippen LogP contribution in [0.25, 0.3) is 0 Å². The third-order valence-corrected chi connectivity index (χ3v) is 4.47. The monoisotopic (exact) mass is 320 g/mol. The molecule has 0 radical (unpaired) electrons. The van der Waals surface area contributed by atoms with Crippen LogP contribution in [0.3, 0.4) is 0 Å². The van der Waals surface area contributed by atoms with Crippen molar-refractivity contribution in [3.05, 3.63) is 12.0 Å². The Bertz CT molecular complexity index is 509. The fourth-order valence-corrected chi connectivity index (χ4v) is 2.90. The number of imidazole rings is 1. The first-order valence-corrected chi connectivity index (χ1v) is 9.69. The van der Waals surface area contributed by atoms with Crippen LogP contribution in [0.1, 0.15) is 71.0 Å². The molecule has 1 rings (SSSR count). The van der Waals surface area contributed by atoms with E-state index in [2.05, 4.69) is 11.9 Å². The molecule has 0 N–H and O–H groups in total. The van der Waals surface area contributed by atoms with Gasteiger partial charge in [-0.1, -0.05) is 52.9 Å². The molecule has 0 aromatic carbocycles. The Balaban J connectivity index is 2.62. The molecule has 1 aromatic heterocycles. The number of aromatic nitrogens is 2. The summed E-state index contributed by atoms with van der Waals surface area (Å²) in [5.74, 6) is 0.972. The van der Waals surface area contributed by atoms with E-state index in [1.807, 2.05) is 18.4 Å². The average molecular weight is 321 g/mol. The van der Waals surface area contributed by atoms with E-state index in [0.717, 1.165) is 18.8 Å². The lowest BCUT2D eigenvalue weighted by Crippen LogP contribution is -2.04. The highest BCUT2D eigenvalue weighted by Crippen LogP contribution is 2.20. The first-order chi connectivity index (χ1) is 9.36. The van der Waals surface area contributed by atoms with Crippen molar-refractivity contribution in [2.45, 2.75) is 76.8 Å². The minimum Gasteiger partial charge on any atom is -0.333 e. The molecule has 0 atom stereocenters. The lowest BCUT2D eigenvalue weighted by molar-refractivity contribution is 0.537. The summed E-state index contributed by atoms with van der Waals surface area (Å²) in [5, 5.41) is -0.0335. The van der Waals surface area contributed by atoms with Gasteiger partial charge in [0, 0.05) is 29.3 Å². The highest BCUT2D eigenvalue weighted by molar-refractivity contribution is 8.13. The fourth-order valence-electron chi connectivity index (χ4n) is 2.23. The minimum atomic E-state index is -3.74. The van der Waals surface area contributed by atoms with Crippen LogP contribution in [0.4, 0.5) is 0 Å². The lowest BCUT2D eigenvalue weighted by atomic mass is 10.1. The summed E-state index contributed by atoms with van der Waals surface area (Å²) < 4.78 is 24.6. The smallest absolute Gasteiger partial charge is 0.280 e. The molecule has 0 bridgehead atoms. The van der Waals surface area contributed by atoms with Crippen molar-refractivity contribution in [2.75, 3.05) is 0 Å². The molecule has 0 saturated heterocycles. The van der Waals surface area contributed by atoms with Gasteiger partial charge in [0.2, 0.25) is 0 Å². The Hall–Kier alpha value is -0.550. The predicted molar refractivity (Wildman–Crippen MR) is 82.7 cm³/mol. The number of hydrogen-bond acceptors (Lipinski definition) is 3. The molecule has 0 aliphatic heterocycles. The molecule has 116 valence electrons. The summed E-state index contributed by atoms with van der Waals surface area (Å²) in [6, 6.07) is 0. The Morgan fingerprint density at radius 3 is 2.35 bits per heavy atom. The number of aryl methyl sites for hydroxylation is 1. The highest BCUT2D eigenvalue weighted by atomic mass is 35.7. The van der Waals surface area contributed by atoms with Crippen molar-refractivity contribution < 1.29 is 8.42 Å². The number of unbranched alkanes of at least 4 members (excludes halogenated alkanes) is 5. The van der Waals surface area contributed by atoms with Gasteiger partial charge in [-0.15, -0.1) is 0 Å². The number of rotatable bonds is 9. The van der Waals surface area contributed by atoms with Crippen molar-refractivity contribution in [3.63, 3.8) is 0 Å². The van der Waals surface area contributed by atoms with Gasteiger partial charge in [0.15, 0.2) is 5.03 Å². The van der Waals surface area contributed by atoms with Crippen molar-refractivity contribution in [3.8, 4) is 0 Å². The zero-order valence-electron chi connectivity index (χ0n) is 12.6. The van der Waals surface area contributed by atoms with E-state index >= 15 is 0 Å². The normalized spacial score (nSPS) is 12.2. The summed E-state index contributed by atoms with van der Waals surface area (Å²) >= 11 is 0. The van der Waals surface area contributed by atoms with Crippen LogP contribution in [-0.2, 0) is 15.6 Å². The molecule has 0 amide bonds. The number of halogens is 1. The van der Waals surface area contributed by atoms with Crippen LogP contribution in [-0.4, -0.2) is 18.0 Å². The van der Waals surface area contributed by atoms with Crippen LogP contribution in [0.15, 0.2) is 11.2 Å². The standard InChI is InChI=1S/C14H25ClN2O2S/c1-4-5-6-7-8-9-10-17-11-13(20(15,18)19)16-14(17)12(2)3/h11-12H,4-10H2,1-3H3. The largest absolute Gasteiger partial charge is 0.333 e. The van der Waals surface area contributed by atoms with Gasteiger partial charge in [-0.2, -0.15) is 0 Å². The first kappa shape index (κ1) is 17.5. The third kappa shape index (κ3) is 5.44. The maximum Gasteiger partial charge on any atom is 0.280 e. The summed E-state index contributed by atoms with van der Waals surface area (Å²) in [7, 11) is 1.62. The lowest BCUT2D eigenvalue weighted by Gasteiger charge is -2.09. The van der Waals surface area contributed by atoms with E-state index in [4.69, 9.17) is 10.7 Å². The summed E-state index contributed by atoms with van der Waals surface area (Å²) in [5.41, 5.74) is 0. The van der Waals surface area contributed by atoms with Gasteiger partial charge in [0.25, 0.3) is 9.05 Å². The maximum atomic E-state index is 11.4. The van der Waals surface area contributed by atoms with Crippen molar-refractivity contribution >= 4 is 19.7 Å². The molecule has 0 unspecified atom stereocenters. The Morgan fingerprint density at radius 2 is 1.80 bits per heavy atom. The van der Waals surface area contributed by atoms with Crippen LogP contribution in [0.2, 0.25) is 0 Å². The fraction of sp³-hybridized carbons (Fsp3) is 0.786. The Labute approximate surface area is 127 Å². The molecule has 1 aromatic rings. The Kier molecular flexibility index (Phi) is 7.03. The van der Waals surface area contributed by atoms with Gasteiger partial charge in [-0.05, 0) is 6.42 Å². The molecule has 1 heterocycles. The van der Waals surface area contributed by atoms with Crippen LogP contribution in [0, 0.1) is 0 Å². The Morgan fingerprint density at radius 1 is 1.20 bits per heavy atom. The van der Waals surface area contributed by atoms with Gasteiger partial charge < -0.3 is 4.57 Å². The molecular weight excluding hydrogens is 296 g/mol. The average Bonchev–Trinajstić information content (AvgIpc) is 2.77. The second-order valence-corrected chi connectivity index (χ2v) is 8.00. The number of nitrogens with zero attached hydrogens (tertiary/aromatic N) is 2. The van der Waals surface area contributed by atoms with Gasteiger partial charge in [0.1, 0.15) is 5.82 Å². The molecular formula is C14H25ClN2O2S. The molecule has 4 nitrogen and oxygen atoms in total. The van der Waals surface area contributed by atoms with Gasteiger partial charge >= 0.3 is 0 Å². The zero-order chi connectivity index (χ0) is 15.2. The third-order valence-electron chi connectivity index (χ3n) is 3.30. The molecule has 0 saturated carbocycles. The molecule has 6 heteroatoms. The second-order valence-electron chi connectivity index (χ2n) is 5.49. The minimum absolute atomic E-state index is 0.0335. The summed E-state index contributed by atoms with van der Waals surface area (Å²) in [6.07, 6.45) is 8.82. The van der Waals surface area contributed by atoms with Crippen molar-refractivity contribution in [1.82, 2.24) is 9.55 Å². The second kappa shape index (κ2) is 8.03. The molecule has 20 heavy (non-hydrogen) atoms. The van der Waals surface area contributed by atoms with Crippen LogP contribution < -0.4 is 0 Å². The summed E-state index contributed by atoms with van der Waals surface area (Å²) in [6.45, 7) is 7.02. The van der Waals surface area contributed by atoms with E-state index in [-0.39, 0.29) is 10.9 Å².